The maximum absolute atomic E-state index is 13.3. The first-order valence-corrected chi connectivity index (χ1v) is 14.4. The Morgan fingerprint density at radius 1 is 1.09 bits per heavy atom. The highest BCUT2D eigenvalue weighted by molar-refractivity contribution is 7.90. The summed E-state index contributed by atoms with van der Waals surface area (Å²) >= 11 is 0. The monoisotopic (exact) mass is 494 g/mol. The summed E-state index contributed by atoms with van der Waals surface area (Å²) < 4.78 is 41.3. The topological polar surface area (TPSA) is 42.3 Å². The van der Waals surface area contributed by atoms with E-state index >= 15 is 0 Å². The van der Waals surface area contributed by atoms with Crippen LogP contribution in [0.1, 0.15) is 62.5 Å². The lowest BCUT2D eigenvalue weighted by Crippen LogP contribution is -2.40. The van der Waals surface area contributed by atoms with Crippen molar-refractivity contribution in [2.24, 2.45) is 13.0 Å². The van der Waals surface area contributed by atoms with Crippen LogP contribution in [-0.2, 0) is 22.6 Å². The number of likely N-dealkylation sites (tertiary alicyclic amines) is 1. The van der Waals surface area contributed by atoms with Crippen molar-refractivity contribution < 1.29 is 12.8 Å². The third-order valence-corrected chi connectivity index (χ3v) is 9.83. The lowest BCUT2D eigenvalue weighted by Gasteiger charge is -2.42. The highest BCUT2D eigenvalue weighted by Gasteiger charge is 2.32. The number of benzene rings is 2. The standard InChI is InChI=1S/C29H35FN2O2S/c1-20-16-24(14-15-32(20)21(2)23-6-4-5-7-23)28-18-31(3)29-13-8-22(17-27(28)29)19-35(33,34)26-11-9-25(30)10-12-26/h8-13,17-18,20,23-24H,2,4-7,14-16,19H2,1,3H3/t20-,24-/m0/s1. The molecular weight excluding hydrogens is 459 g/mol. The third kappa shape index (κ3) is 4.77. The van der Waals surface area contributed by atoms with E-state index in [9.17, 15) is 12.8 Å². The molecule has 5 rings (SSSR count). The minimum atomic E-state index is -3.55. The number of hydrogen-bond acceptors (Lipinski definition) is 3. The van der Waals surface area contributed by atoms with Crippen LogP contribution in [-0.4, -0.2) is 30.5 Å². The molecule has 6 heteroatoms. The Labute approximate surface area is 208 Å². The summed E-state index contributed by atoms with van der Waals surface area (Å²) in [5.74, 6) is 0.549. The van der Waals surface area contributed by atoms with Gasteiger partial charge in [-0.1, -0.05) is 25.5 Å². The molecule has 0 radical (unpaired) electrons. The normalized spacial score (nSPS) is 21.6. The van der Waals surface area contributed by atoms with E-state index in [-0.39, 0.29) is 10.6 Å². The minimum absolute atomic E-state index is 0.0982. The molecule has 0 N–H and O–H groups in total. The Bertz CT molecular complexity index is 1340. The van der Waals surface area contributed by atoms with E-state index in [2.05, 4.69) is 36.2 Å². The second-order valence-electron chi connectivity index (χ2n) is 10.5. The van der Waals surface area contributed by atoms with Crippen molar-refractivity contribution >= 4 is 20.7 Å². The first kappa shape index (κ1) is 24.1. The summed E-state index contributed by atoms with van der Waals surface area (Å²) in [4.78, 5) is 2.69. The summed E-state index contributed by atoms with van der Waals surface area (Å²) in [6.45, 7) is 7.82. The largest absolute Gasteiger partial charge is 0.372 e. The summed E-state index contributed by atoms with van der Waals surface area (Å²) in [7, 11) is -1.50. The molecule has 2 aromatic carbocycles. The molecule has 2 heterocycles. The molecule has 2 atom stereocenters. The van der Waals surface area contributed by atoms with E-state index in [1.165, 1.54) is 61.2 Å². The van der Waals surface area contributed by atoms with Crippen molar-refractivity contribution in [1.29, 1.82) is 0 Å². The highest BCUT2D eigenvalue weighted by atomic mass is 32.2. The van der Waals surface area contributed by atoms with Gasteiger partial charge in [0, 0.05) is 42.4 Å². The number of aromatic nitrogens is 1. The zero-order valence-electron chi connectivity index (χ0n) is 20.7. The number of piperidine rings is 1. The molecule has 0 unspecified atom stereocenters. The second kappa shape index (κ2) is 9.45. The molecule has 0 bridgehead atoms. The molecule has 3 aromatic rings. The molecule has 1 saturated carbocycles. The molecule has 1 aliphatic carbocycles. The lowest BCUT2D eigenvalue weighted by molar-refractivity contribution is 0.173. The van der Waals surface area contributed by atoms with E-state index in [1.807, 2.05) is 18.2 Å². The van der Waals surface area contributed by atoms with Crippen LogP contribution in [0.25, 0.3) is 10.9 Å². The fourth-order valence-electron chi connectivity index (χ4n) is 6.20. The molecule has 1 saturated heterocycles. The molecule has 1 aliphatic heterocycles. The van der Waals surface area contributed by atoms with Crippen molar-refractivity contribution in [1.82, 2.24) is 9.47 Å². The van der Waals surface area contributed by atoms with Gasteiger partial charge in [0.05, 0.1) is 10.6 Å². The van der Waals surface area contributed by atoms with E-state index in [1.54, 1.807) is 0 Å². The van der Waals surface area contributed by atoms with Crippen LogP contribution in [0.15, 0.2) is 65.8 Å². The average Bonchev–Trinajstić information content (AvgIpc) is 3.47. The van der Waals surface area contributed by atoms with E-state index < -0.39 is 15.7 Å². The van der Waals surface area contributed by atoms with Gasteiger partial charge in [-0.05, 0) is 92.0 Å². The number of nitrogens with zero attached hydrogens (tertiary/aromatic N) is 2. The SMILES string of the molecule is C=C(C1CCCC1)N1CC[C@H](c2cn(C)c3ccc(CS(=O)(=O)c4ccc(F)cc4)cc23)C[C@@H]1C. The number of hydrogen-bond donors (Lipinski definition) is 0. The number of sulfone groups is 1. The van der Waals surface area contributed by atoms with Crippen molar-refractivity contribution in [3.63, 3.8) is 0 Å². The van der Waals surface area contributed by atoms with Crippen molar-refractivity contribution in [3.8, 4) is 0 Å². The van der Waals surface area contributed by atoms with Gasteiger partial charge in [0.2, 0.25) is 0 Å². The molecule has 186 valence electrons. The average molecular weight is 495 g/mol. The number of halogens is 1. The smallest absolute Gasteiger partial charge is 0.182 e. The van der Waals surface area contributed by atoms with Crippen LogP contribution >= 0.6 is 0 Å². The van der Waals surface area contributed by atoms with Gasteiger partial charge in [-0.25, -0.2) is 12.8 Å². The summed E-state index contributed by atoms with van der Waals surface area (Å²) in [5, 5.41) is 1.14. The molecule has 0 amide bonds. The van der Waals surface area contributed by atoms with Gasteiger partial charge in [0.25, 0.3) is 0 Å². The lowest BCUT2D eigenvalue weighted by atomic mass is 9.84. The Morgan fingerprint density at radius 2 is 1.80 bits per heavy atom. The number of fused-ring (bicyclic) bond motifs is 1. The van der Waals surface area contributed by atoms with Gasteiger partial charge in [-0.2, -0.15) is 0 Å². The predicted octanol–water partition coefficient (Wildman–Crippen LogP) is 6.56. The van der Waals surface area contributed by atoms with Crippen LogP contribution < -0.4 is 0 Å². The number of allylic oxidation sites excluding steroid dienone is 1. The van der Waals surface area contributed by atoms with Crippen LogP contribution in [0.3, 0.4) is 0 Å². The maximum atomic E-state index is 13.3. The fraction of sp³-hybridized carbons (Fsp3) is 0.448. The first-order chi connectivity index (χ1) is 16.7. The Hall–Kier alpha value is -2.60. The van der Waals surface area contributed by atoms with E-state index in [0.717, 1.165) is 35.9 Å². The summed E-state index contributed by atoms with van der Waals surface area (Å²) in [6.07, 6.45) is 9.57. The molecular formula is C29H35FN2O2S. The van der Waals surface area contributed by atoms with E-state index in [4.69, 9.17) is 0 Å². The molecule has 4 nitrogen and oxygen atoms in total. The highest BCUT2D eigenvalue weighted by Crippen LogP contribution is 2.40. The Balaban J connectivity index is 1.38. The van der Waals surface area contributed by atoms with Crippen LogP contribution in [0.4, 0.5) is 4.39 Å². The summed E-state index contributed by atoms with van der Waals surface area (Å²) in [5.41, 5.74) is 4.52. The van der Waals surface area contributed by atoms with Gasteiger partial charge in [-0.3, -0.25) is 0 Å². The van der Waals surface area contributed by atoms with Crippen LogP contribution in [0.5, 0.6) is 0 Å². The third-order valence-electron chi connectivity index (χ3n) is 8.13. The Kier molecular flexibility index (Phi) is 6.51. The van der Waals surface area contributed by atoms with Gasteiger partial charge < -0.3 is 9.47 Å². The molecule has 1 aromatic heterocycles. The summed E-state index contributed by atoms with van der Waals surface area (Å²) in [6, 6.07) is 11.5. The zero-order chi connectivity index (χ0) is 24.7. The van der Waals surface area contributed by atoms with Crippen LogP contribution in [0, 0.1) is 11.7 Å². The van der Waals surface area contributed by atoms with Gasteiger partial charge >= 0.3 is 0 Å². The van der Waals surface area contributed by atoms with Crippen molar-refractivity contribution in [3.05, 3.63) is 77.9 Å². The number of aryl methyl sites for hydroxylation is 1. The molecule has 2 aliphatic rings. The molecule has 35 heavy (non-hydrogen) atoms. The zero-order valence-corrected chi connectivity index (χ0v) is 21.5. The molecule has 2 fully saturated rings. The van der Waals surface area contributed by atoms with Gasteiger partial charge in [-0.15, -0.1) is 0 Å². The van der Waals surface area contributed by atoms with Crippen molar-refractivity contribution in [2.75, 3.05) is 6.54 Å². The minimum Gasteiger partial charge on any atom is -0.372 e. The van der Waals surface area contributed by atoms with E-state index in [0.29, 0.717) is 17.9 Å². The molecule has 0 spiro atoms. The fourth-order valence-corrected chi connectivity index (χ4v) is 7.54. The number of rotatable bonds is 6. The Morgan fingerprint density at radius 3 is 2.49 bits per heavy atom. The first-order valence-electron chi connectivity index (χ1n) is 12.7. The van der Waals surface area contributed by atoms with Gasteiger partial charge in [0.15, 0.2) is 9.84 Å². The van der Waals surface area contributed by atoms with Crippen LogP contribution in [0.2, 0.25) is 0 Å². The van der Waals surface area contributed by atoms with Gasteiger partial charge in [0.1, 0.15) is 5.82 Å². The van der Waals surface area contributed by atoms with Crippen molar-refractivity contribution in [2.45, 2.75) is 68.1 Å². The quantitative estimate of drug-likeness (QED) is 0.364. The second-order valence-corrected chi connectivity index (χ2v) is 12.5. The predicted molar refractivity (Wildman–Crippen MR) is 139 cm³/mol. The maximum Gasteiger partial charge on any atom is 0.182 e.